The molecule has 0 fully saturated rings. The number of ketones is 1. The molecular weight excluding hydrogens is 256 g/mol. The summed E-state index contributed by atoms with van der Waals surface area (Å²) in [6, 6.07) is 5.16. The SMILES string of the molecule is CCOC(C(=O)c1ccc(OC)c(OC)c1)C(C)(C)C. The van der Waals surface area contributed by atoms with E-state index >= 15 is 0 Å². The molecule has 4 heteroatoms. The Morgan fingerprint density at radius 1 is 1.15 bits per heavy atom. The van der Waals surface area contributed by atoms with Gasteiger partial charge in [0.05, 0.1) is 14.2 Å². The number of hydrogen-bond acceptors (Lipinski definition) is 4. The number of ether oxygens (including phenoxy) is 3. The first kappa shape index (κ1) is 16.5. The summed E-state index contributed by atoms with van der Waals surface area (Å²) in [4.78, 5) is 12.6. The average Bonchev–Trinajstić information content (AvgIpc) is 2.41. The molecule has 0 aliphatic heterocycles. The summed E-state index contributed by atoms with van der Waals surface area (Å²) >= 11 is 0. The monoisotopic (exact) mass is 280 g/mol. The zero-order chi connectivity index (χ0) is 15.3. The summed E-state index contributed by atoms with van der Waals surface area (Å²) in [5.41, 5.74) is 0.302. The first-order valence-corrected chi connectivity index (χ1v) is 6.73. The molecule has 0 bridgehead atoms. The van der Waals surface area contributed by atoms with Crippen molar-refractivity contribution in [2.45, 2.75) is 33.8 Å². The fourth-order valence-electron chi connectivity index (χ4n) is 2.03. The topological polar surface area (TPSA) is 44.8 Å². The Morgan fingerprint density at radius 2 is 1.75 bits per heavy atom. The second kappa shape index (κ2) is 6.75. The van der Waals surface area contributed by atoms with Gasteiger partial charge in [-0.1, -0.05) is 20.8 Å². The zero-order valence-corrected chi connectivity index (χ0v) is 13.1. The van der Waals surface area contributed by atoms with Crippen molar-refractivity contribution in [1.82, 2.24) is 0 Å². The Bertz CT molecular complexity index is 460. The first-order chi connectivity index (χ1) is 9.35. The molecule has 0 saturated carbocycles. The van der Waals surface area contributed by atoms with Crippen LogP contribution in [-0.4, -0.2) is 32.7 Å². The van der Waals surface area contributed by atoms with Crippen molar-refractivity contribution in [2.75, 3.05) is 20.8 Å². The van der Waals surface area contributed by atoms with E-state index in [1.165, 1.54) is 0 Å². The molecule has 0 spiro atoms. The van der Waals surface area contributed by atoms with E-state index in [2.05, 4.69) is 0 Å². The standard InChI is InChI=1S/C16H24O4/c1-7-20-15(16(2,3)4)14(17)11-8-9-12(18-5)13(10-11)19-6/h8-10,15H,7H2,1-6H3. The van der Waals surface area contributed by atoms with E-state index in [1.54, 1.807) is 32.4 Å². The molecule has 112 valence electrons. The maximum Gasteiger partial charge on any atom is 0.192 e. The van der Waals surface area contributed by atoms with Gasteiger partial charge in [0.1, 0.15) is 6.10 Å². The lowest BCUT2D eigenvalue weighted by Crippen LogP contribution is -2.37. The molecule has 1 atom stereocenters. The minimum atomic E-state index is -0.481. The van der Waals surface area contributed by atoms with Crippen LogP contribution in [0.1, 0.15) is 38.1 Å². The maximum absolute atomic E-state index is 12.6. The summed E-state index contributed by atoms with van der Waals surface area (Å²) in [5, 5.41) is 0. The summed E-state index contributed by atoms with van der Waals surface area (Å²) in [7, 11) is 3.12. The van der Waals surface area contributed by atoms with Crippen molar-refractivity contribution in [1.29, 1.82) is 0 Å². The van der Waals surface area contributed by atoms with Crippen molar-refractivity contribution in [2.24, 2.45) is 5.41 Å². The Hall–Kier alpha value is -1.55. The van der Waals surface area contributed by atoms with E-state index in [4.69, 9.17) is 14.2 Å². The van der Waals surface area contributed by atoms with Crippen molar-refractivity contribution >= 4 is 5.78 Å². The molecule has 1 aromatic rings. The number of methoxy groups -OCH3 is 2. The summed E-state index contributed by atoms with van der Waals surface area (Å²) in [5.74, 6) is 1.11. The summed E-state index contributed by atoms with van der Waals surface area (Å²) < 4.78 is 16.0. The predicted octanol–water partition coefficient (Wildman–Crippen LogP) is 3.34. The van der Waals surface area contributed by atoms with E-state index in [9.17, 15) is 4.79 Å². The third-order valence-corrected chi connectivity index (χ3v) is 3.03. The van der Waals surface area contributed by atoms with Crippen LogP contribution in [0.2, 0.25) is 0 Å². The van der Waals surface area contributed by atoms with Crippen molar-refractivity contribution in [3.8, 4) is 11.5 Å². The van der Waals surface area contributed by atoms with Crippen LogP contribution in [0.5, 0.6) is 11.5 Å². The van der Waals surface area contributed by atoms with Crippen molar-refractivity contribution in [3.05, 3.63) is 23.8 Å². The van der Waals surface area contributed by atoms with E-state index in [0.29, 0.717) is 23.7 Å². The van der Waals surface area contributed by atoms with Gasteiger partial charge < -0.3 is 14.2 Å². The molecule has 0 aliphatic carbocycles. The maximum atomic E-state index is 12.6. The fourth-order valence-corrected chi connectivity index (χ4v) is 2.03. The fraction of sp³-hybridized carbons (Fsp3) is 0.562. The number of hydrogen-bond donors (Lipinski definition) is 0. The summed E-state index contributed by atoms with van der Waals surface area (Å²) in [6.45, 7) is 8.37. The van der Waals surface area contributed by atoms with Gasteiger partial charge in [0, 0.05) is 12.2 Å². The Balaban J connectivity index is 3.12. The van der Waals surface area contributed by atoms with Crippen LogP contribution < -0.4 is 9.47 Å². The first-order valence-electron chi connectivity index (χ1n) is 6.73. The predicted molar refractivity (Wildman–Crippen MR) is 78.7 cm³/mol. The van der Waals surface area contributed by atoms with Gasteiger partial charge in [-0.05, 0) is 30.5 Å². The third kappa shape index (κ3) is 3.73. The number of Topliss-reactive ketones (excluding diaryl/α,β-unsaturated/α-hetero) is 1. The molecule has 0 saturated heterocycles. The highest BCUT2D eigenvalue weighted by Crippen LogP contribution is 2.31. The van der Waals surface area contributed by atoms with Crippen LogP contribution in [0, 0.1) is 5.41 Å². The van der Waals surface area contributed by atoms with Gasteiger partial charge >= 0.3 is 0 Å². The van der Waals surface area contributed by atoms with Crippen LogP contribution in [-0.2, 0) is 4.74 Å². The molecule has 1 unspecified atom stereocenters. The van der Waals surface area contributed by atoms with Crippen LogP contribution in [0.25, 0.3) is 0 Å². The number of carbonyl (C=O) groups excluding carboxylic acids is 1. The van der Waals surface area contributed by atoms with Gasteiger partial charge in [0.15, 0.2) is 17.3 Å². The lowest BCUT2D eigenvalue weighted by Gasteiger charge is -2.29. The smallest absolute Gasteiger partial charge is 0.192 e. The van der Waals surface area contributed by atoms with Crippen LogP contribution in [0.3, 0.4) is 0 Å². The molecule has 0 aromatic heterocycles. The quantitative estimate of drug-likeness (QED) is 0.750. The third-order valence-electron chi connectivity index (χ3n) is 3.03. The van der Waals surface area contributed by atoms with E-state index in [0.717, 1.165) is 0 Å². The second-order valence-corrected chi connectivity index (χ2v) is 5.64. The highest BCUT2D eigenvalue weighted by Gasteiger charge is 2.32. The van der Waals surface area contributed by atoms with Crippen molar-refractivity contribution in [3.63, 3.8) is 0 Å². The molecular formula is C16H24O4. The van der Waals surface area contributed by atoms with E-state index in [1.807, 2.05) is 27.7 Å². The largest absolute Gasteiger partial charge is 0.493 e. The van der Waals surface area contributed by atoms with Gasteiger partial charge in [-0.3, -0.25) is 4.79 Å². The Kier molecular flexibility index (Phi) is 5.57. The lowest BCUT2D eigenvalue weighted by molar-refractivity contribution is -0.000237. The molecule has 0 heterocycles. The highest BCUT2D eigenvalue weighted by atomic mass is 16.5. The minimum absolute atomic E-state index is 0.0414. The van der Waals surface area contributed by atoms with Gasteiger partial charge in [0.25, 0.3) is 0 Å². The van der Waals surface area contributed by atoms with Gasteiger partial charge in [-0.2, -0.15) is 0 Å². The minimum Gasteiger partial charge on any atom is -0.493 e. The molecule has 0 amide bonds. The number of rotatable bonds is 6. The average molecular weight is 280 g/mol. The summed E-state index contributed by atoms with van der Waals surface area (Å²) in [6.07, 6.45) is -0.481. The molecule has 4 nitrogen and oxygen atoms in total. The molecule has 20 heavy (non-hydrogen) atoms. The molecule has 1 rings (SSSR count). The molecule has 0 radical (unpaired) electrons. The molecule has 1 aromatic carbocycles. The lowest BCUT2D eigenvalue weighted by atomic mass is 9.84. The Morgan fingerprint density at radius 3 is 2.20 bits per heavy atom. The zero-order valence-electron chi connectivity index (χ0n) is 13.1. The van der Waals surface area contributed by atoms with Gasteiger partial charge in [-0.15, -0.1) is 0 Å². The number of benzene rings is 1. The van der Waals surface area contributed by atoms with Crippen LogP contribution >= 0.6 is 0 Å². The Labute approximate surface area is 121 Å². The normalized spacial score (nSPS) is 12.9. The number of carbonyl (C=O) groups is 1. The second-order valence-electron chi connectivity index (χ2n) is 5.64. The van der Waals surface area contributed by atoms with E-state index in [-0.39, 0.29) is 11.2 Å². The van der Waals surface area contributed by atoms with Crippen LogP contribution in [0.15, 0.2) is 18.2 Å². The van der Waals surface area contributed by atoms with Gasteiger partial charge in [-0.25, -0.2) is 0 Å². The van der Waals surface area contributed by atoms with Gasteiger partial charge in [0.2, 0.25) is 0 Å². The molecule has 0 N–H and O–H groups in total. The van der Waals surface area contributed by atoms with Crippen molar-refractivity contribution < 1.29 is 19.0 Å². The molecule has 0 aliphatic rings. The van der Waals surface area contributed by atoms with E-state index < -0.39 is 6.10 Å². The van der Waals surface area contributed by atoms with Crippen LogP contribution in [0.4, 0.5) is 0 Å². The highest BCUT2D eigenvalue weighted by molar-refractivity contribution is 6.00.